The molecule has 6 rings (SSSR count). The van der Waals surface area contributed by atoms with Gasteiger partial charge in [-0.1, -0.05) is 65.5 Å². The standard InChI is InChI=1S/C53H73N7O7/c1-12-46(62)58-30-34(5)43(31-58)51(64)57(10)48(33(3)4)50(63)56-44(52(65)60-25-15-14-24-55-60)27-37-18-16-19-38(26-37)39-21-22-45-41(28-39)42(29-53(8,9)32-67-36(7)61)49(59(45)13-2)40-20-17-23-54-47(40)35(6)66-11/h12,16-20,23,26,28,33-35,43-44,48,55H,1,13-15,21-22,24-25,27,29-32H2,2-11H3,(H,56,63)/t34-,35+,43-,44+,48+/m1/s1. The van der Waals surface area contributed by atoms with Crippen molar-refractivity contribution in [1.82, 2.24) is 35.1 Å². The molecule has 3 aliphatic rings. The van der Waals surface area contributed by atoms with E-state index in [1.54, 1.807) is 30.3 Å². The molecule has 3 aromatic rings. The van der Waals surface area contributed by atoms with E-state index in [0.29, 0.717) is 26.1 Å². The molecule has 2 aromatic heterocycles. The van der Waals surface area contributed by atoms with Gasteiger partial charge in [0.1, 0.15) is 12.1 Å². The van der Waals surface area contributed by atoms with Crippen LogP contribution in [0, 0.1) is 23.2 Å². The molecule has 0 saturated carbocycles. The first-order valence-electron chi connectivity index (χ1n) is 24.1. The van der Waals surface area contributed by atoms with Crippen LogP contribution in [0.15, 0.2) is 55.3 Å². The minimum absolute atomic E-state index is 0.0921. The first kappa shape index (κ1) is 50.8. The van der Waals surface area contributed by atoms with Crippen molar-refractivity contribution in [3.63, 3.8) is 0 Å². The average molecular weight is 920 g/mol. The summed E-state index contributed by atoms with van der Waals surface area (Å²) in [6, 6.07) is 10.6. The molecule has 67 heavy (non-hydrogen) atoms. The maximum atomic E-state index is 14.5. The van der Waals surface area contributed by atoms with E-state index >= 15 is 0 Å². The Bertz CT molecular complexity index is 2340. The van der Waals surface area contributed by atoms with Gasteiger partial charge >= 0.3 is 5.97 Å². The van der Waals surface area contributed by atoms with Gasteiger partial charge in [-0.25, -0.2) is 5.43 Å². The van der Waals surface area contributed by atoms with Gasteiger partial charge in [0.25, 0.3) is 5.91 Å². The summed E-state index contributed by atoms with van der Waals surface area (Å²) in [5, 5.41) is 4.74. The topological polar surface area (TPSA) is 155 Å². The third kappa shape index (κ3) is 11.6. The third-order valence-electron chi connectivity index (χ3n) is 13.7. The summed E-state index contributed by atoms with van der Waals surface area (Å²) in [5.74, 6) is -2.19. The molecule has 0 bridgehead atoms. The monoisotopic (exact) mass is 920 g/mol. The van der Waals surface area contributed by atoms with Gasteiger partial charge in [-0.2, -0.15) is 0 Å². The molecule has 2 aliphatic heterocycles. The lowest BCUT2D eigenvalue weighted by atomic mass is 9.82. The molecule has 2 saturated heterocycles. The maximum absolute atomic E-state index is 14.5. The molecule has 0 radical (unpaired) electrons. The summed E-state index contributed by atoms with van der Waals surface area (Å²) in [7, 11) is 3.34. The molecule has 4 amide bonds. The number of carbonyl (C=O) groups excluding carboxylic acids is 5. The molecule has 14 heteroatoms. The number of benzene rings is 1. The fourth-order valence-electron chi connectivity index (χ4n) is 10.2. The summed E-state index contributed by atoms with van der Waals surface area (Å²) < 4.78 is 13.8. The molecule has 362 valence electrons. The normalized spacial score (nSPS) is 18.7. The molecule has 1 aromatic carbocycles. The van der Waals surface area contributed by atoms with Crippen LogP contribution in [-0.4, -0.2) is 113 Å². The number of rotatable bonds is 18. The number of likely N-dealkylation sites (tertiary alicyclic amines) is 1. The number of methoxy groups -OCH3 is 1. The van der Waals surface area contributed by atoms with E-state index in [4.69, 9.17) is 14.5 Å². The lowest BCUT2D eigenvalue weighted by Gasteiger charge is -2.35. The lowest BCUT2D eigenvalue weighted by molar-refractivity contribution is -0.146. The van der Waals surface area contributed by atoms with Crippen LogP contribution in [0.2, 0.25) is 0 Å². The van der Waals surface area contributed by atoms with Crippen LogP contribution in [0.3, 0.4) is 0 Å². The van der Waals surface area contributed by atoms with Crippen LogP contribution >= 0.6 is 0 Å². The highest BCUT2D eigenvalue weighted by Gasteiger charge is 2.42. The van der Waals surface area contributed by atoms with Gasteiger partial charge in [-0.3, -0.25) is 34.0 Å². The average Bonchev–Trinajstić information content (AvgIpc) is 3.86. The summed E-state index contributed by atoms with van der Waals surface area (Å²) in [6.45, 7) is 22.1. The number of pyridine rings is 1. The molecule has 1 aliphatic carbocycles. The number of amides is 4. The zero-order valence-corrected chi connectivity index (χ0v) is 41.4. The Kier molecular flexibility index (Phi) is 16.7. The van der Waals surface area contributed by atoms with Gasteiger partial charge in [0.15, 0.2) is 0 Å². The number of hydrogen-bond donors (Lipinski definition) is 2. The van der Waals surface area contributed by atoms with Crippen LogP contribution < -0.4 is 10.7 Å². The Hall–Kier alpha value is -5.60. The first-order chi connectivity index (χ1) is 31.9. The summed E-state index contributed by atoms with van der Waals surface area (Å²) in [5.41, 5.74) is 12.5. The van der Waals surface area contributed by atoms with E-state index < -0.39 is 23.9 Å². The molecule has 5 atom stereocenters. The number of ether oxygens (including phenoxy) is 2. The zero-order valence-electron chi connectivity index (χ0n) is 41.4. The number of likely N-dealkylation sites (N-methyl/N-ethyl adjacent to an activating group) is 1. The predicted octanol–water partition coefficient (Wildman–Crippen LogP) is 6.81. The van der Waals surface area contributed by atoms with E-state index in [-0.39, 0.29) is 66.6 Å². The Morgan fingerprint density at radius 2 is 1.84 bits per heavy atom. The number of nitrogens with zero attached hydrogens (tertiary/aromatic N) is 5. The smallest absolute Gasteiger partial charge is 0.302 e. The lowest BCUT2D eigenvalue weighted by Crippen LogP contribution is -2.60. The summed E-state index contributed by atoms with van der Waals surface area (Å²) in [6.07, 6.45) is 9.40. The van der Waals surface area contributed by atoms with Crippen molar-refractivity contribution < 1.29 is 33.4 Å². The Morgan fingerprint density at radius 1 is 1.07 bits per heavy atom. The zero-order chi connectivity index (χ0) is 48.7. The fourth-order valence-corrected chi connectivity index (χ4v) is 10.2. The van der Waals surface area contributed by atoms with Crippen molar-refractivity contribution in [3.05, 3.63) is 88.9 Å². The molecule has 2 fully saturated rings. The van der Waals surface area contributed by atoms with E-state index in [0.717, 1.165) is 77.0 Å². The maximum Gasteiger partial charge on any atom is 0.302 e. The highest BCUT2D eigenvalue weighted by molar-refractivity contribution is 5.94. The quantitative estimate of drug-likeness (QED) is 0.103. The minimum Gasteiger partial charge on any atom is -0.465 e. The van der Waals surface area contributed by atoms with E-state index in [1.807, 2.05) is 45.9 Å². The molecule has 2 N–H and O–H groups in total. The van der Waals surface area contributed by atoms with Crippen LogP contribution in [-0.2, 0) is 59.3 Å². The molecule has 0 spiro atoms. The fraction of sp³-hybridized carbons (Fsp3) is 0.547. The largest absolute Gasteiger partial charge is 0.465 e. The van der Waals surface area contributed by atoms with E-state index in [1.165, 1.54) is 23.6 Å². The molecule has 4 heterocycles. The van der Waals surface area contributed by atoms with Gasteiger partial charge in [0.05, 0.1) is 30.0 Å². The van der Waals surface area contributed by atoms with Crippen LogP contribution in [0.25, 0.3) is 22.9 Å². The van der Waals surface area contributed by atoms with Crippen molar-refractivity contribution >= 4 is 41.2 Å². The van der Waals surface area contributed by atoms with Crippen LogP contribution in [0.4, 0.5) is 0 Å². The van der Waals surface area contributed by atoms with Crippen molar-refractivity contribution in [2.45, 2.75) is 119 Å². The predicted molar refractivity (Wildman–Crippen MR) is 261 cm³/mol. The Morgan fingerprint density at radius 3 is 2.49 bits per heavy atom. The van der Waals surface area contributed by atoms with Crippen molar-refractivity contribution in [2.75, 3.05) is 46.9 Å². The first-order valence-corrected chi connectivity index (χ1v) is 24.1. The van der Waals surface area contributed by atoms with Gasteiger partial charge in [0.2, 0.25) is 17.7 Å². The summed E-state index contributed by atoms with van der Waals surface area (Å²) in [4.78, 5) is 75.3. The highest BCUT2D eigenvalue weighted by Crippen LogP contribution is 2.44. The number of esters is 1. The van der Waals surface area contributed by atoms with Crippen LogP contribution in [0.5, 0.6) is 0 Å². The number of fused-ring (bicyclic) bond motifs is 1. The number of aromatic nitrogens is 2. The van der Waals surface area contributed by atoms with E-state index in [9.17, 15) is 24.0 Å². The third-order valence-corrected chi connectivity index (χ3v) is 13.7. The second kappa shape index (κ2) is 22.0. The summed E-state index contributed by atoms with van der Waals surface area (Å²) >= 11 is 0. The van der Waals surface area contributed by atoms with Gasteiger partial charge in [-0.15, -0.1) is 0 Å². The number of nitrogens with one attached hydrogen (secondary N) is 2. The van der Waals surface area contributed by atoms with Crippen molar-refractivity contribution in [1.29, 1.82) is 0 Å². The molecular formula is C53H73N7O7. The SMILES string of the molecule is C=CC(=O)N1C[C@@H](C)[C@H](C(=O)N(C)[C@H](C(=O)N[C@@H](Cc2cccc(C3=Cc4c(CC(C)(C)COC(C)=O)c(-c5cccnc5[C@H](C)OC)n(CC)c4CC3)c2)C(=O)N2CCCCN2)C(C)C)C1. The van der Waals surface area contributed by atoms with Gasteiger partial charge < -0.3 is 29.2 Å². The number of hydrogen-bond acceptors (Lipinski definition) is 9. The van der Waals surface area contributed by atoms with Gasteiger partial charge in [-0.05, 0) is 110 Å². The molecular weight excluding hydrogens is 847 g/mol. The van der Waals surface area contributed by atoms with Crippen molar-refractivity contribution in [3.8, 4) is 11.3 Å². The molecule has 14 nitrogen and oxygen atoms in total. The number of hydrazine groups is 1. The Labute approximate surface area is 397 Å². The highest BCUT2D eigenvalue weighted by atomic mass is 16.5. The van der Waals surface area contributed by atoms with Crippen molar-refractivity contribution in [2.24, 2.45) is 23.2 Å². The number of allylic oxidation sites excluding steroid dienone is 1. The second-order valence-electron chi connectivity index (χ2n) is 19.8. The Balaban J connectivity index is 1.34. The second-order valence-corrected chi connectivity index (χ2v) is 19.8. The minimum atomic E-state index is -0.911. The number of carbonyl (C=O) groups is 5. The molecule has 0 unspecified atom stereocenters. The van der Waals surface area contributed by atoms with E-state index in [2.05, 4.69) is 66.9 Å². The van der Waals surface area contributed by atoms with Gasteiger partial charge in [0, 0.05) is 83.1 Å². The van der Waals surface area contributed by atoms with Crippen LogP contribution in [0.1, 0.15) is 114 Å².